The van der Waals surface area contributed by atoms with Gasteiger partial charge >= 0.3 is 0 Å². The monoisotopic (exact) mass is 597 g/mol. The Morgan fingerprint density at radius 3 is 1.38 bits per heavy atom. The first kappa shape index (κ1) is 30.8. The van der Waals surface area contributed by atoms with Crippen LogP contribution in [0, 0.1) is 5.41 Å². The Kier molecular flexibility index (Phi) is 11.1. The number of nitrogens with two attached hydrogens (primary N) is 1. The fraction of sp³-hybridized carbons (Fsp3) is 0.657. The molecule has 216 valence electrons. The highest BCUT2D eigenvalue weighted by molar-refractivity contribution is 9.09. The number of alkyl halides is 1. The van der Waals surface area contributed by atoms with Gasteiger partial charge in [-0.05, 0) is 117 Å². The van der Waals surface area contributed by atoms with E-state index in [1.54, 1.807) is 18.2 Å². The van der Waals surface area contributed by atoms with Crippen LogP contribution in [0.3, 0.4) is 0 Å². The molecule has 6 aliphatic rings. The standard InChI is InChI=1S/C18H26O.C14H19N.C3H7BrO/c1-19-15-5-8-17-9-12-18(13-10-17,14-11-17)16-6-3-2-4-7-16;15-14-9-6-13(7-10-14,8-11-14)12-4-2-1-3-5-12;1-5-3-2-4/h2-4,6-7H,5,8-15H2,1H3;1-5H,6-11,15H2;2-3H2,1H3. The molecule has 39 heavy (non-hydrogen) atoms. The lowest BCUT2D eigenvalue weighted by Crippen LogP contribution is -2.53. The minimum atomic E-state index is 0.191. The first-order valence-electron chi connectivity index (χ1n) is 15.4. The summed E-state index contributed by atoms with van der Waals surface area (Å²) in [5.74, 6) is 0. The molecule has 0 radical (unpaired) electrons. The number of methoxy groups -OCH3 is 2. The van der Waals surface area contributed by atoms with E-state index >= 15 is 0 Å². The molecule has 0 heterocycles. The van der Waals surface area contributed by atoms with Gasteiger partial charge in [-0.3, -0.25) is 0 Å². The van der Waals surface area contributed by atoms with Gasteiger partial charge in [-0.25, -0.2) is 0 Å². The molecule has 0 aliphatic heterocycles. The van der Waals surface area contributed by atoms with E-state index in [-0.39, 0.29) is 5.54 Å². The largest absolute Gasteiger partial charge is 0.385 e. The van der Waals surface area contributed by atoms with Crippen molar-refractivity contribution in [1.82, 2.24) is 0 Å². The molecule has 0 atom stereocenters. The summed E-state index contributed by atoms with van der Waals surface area (Å²) in [6, 6.07) is 22.3. The van der Waals surface area contributed by atoms with Gasteiger partial charge in [0.2, 0.25) is 0 Å². The normalized spacial score (nSPS) is 32.5. The molecule has 2 aromatic carbocycles. The summed E-state index contributed by atoms with van der Waals surface area (Å²) in [5.41, 5.74) is 11.3. The second kappa shape index (κ2) is 14.1. The van der Waals surface area contributed by atoms with Gasteiger partial charge < -0.3 is 15.2 Å². The zero-order valence-corrected chi connectivity index (χ0v) is 26.2. The number of hydrogen-bond acceptors (Lipinski definition) is 3. The Labute approximate surface area is 246 Å². The number of rotatable bonds is 8. The van der Waals surface area contributed by atoms with E-state index in [4.69, 9.17) is 10.5 Å². The van der Waals surface area contributed by atoms with Gasteiger partial charge in [0.15, 0.2) is 0 Å². The Hall–Kier alpha value is -1.20. The van der Waals surface area contributed by atoms with Crippen LogP contribution in [0.5, 0.6) is 0 Å². The van der Waals surface area contributed by atoms with Crippen molar-refractivity contribution >= 4 is 15.9 Å². The maximum Gasteiger partial charge on any atom is 0.0559 e. The quantitative estimate of drug-likeness (QED) is 0.244. The highest BCUT2D eigenvalue weighted by Gasteiger charge is 2.49. The fourth-order valence-electron chi connectivity index (χ4n) is 7.97. The Bertz CT molecular complexity index is 928. The Balaban J connectivity index is 0.000000158. The average Bonchev–Trinajstić information content (AvgIpc) is 3.01. The average molecular weight is 599 g/mol. The van der Waals surface area contributed by atoms with Crippen molar-refractivity contribution in [2.24, 2.45) is 11.1 Å². The lowest BCUT2D eigenvalue weighted by Gasteiger charge is -2.54. The third-order valence-corrected chi connectivity index (χ3v) is 11.1. The van der Waals surface area contributed by atoms with Crippen LogP contribution in [-0.4, -0.2) is 38.3 Å². The third-order valence-electron chi connectivity index (χ3n) is 10.8. The van der Waals surface area contributed by atoms with E-state index in [1.165, 1.54) is 89.9 Å². The number of benzene rings is 2. The molecule has 8 rings (SSSR count). The second-order valence-electron chi connectivity index (χ2n) is 12.9. The molecule has 4 bridgehead atoms. The van der Waals surface area contributed by atoms with Crippen LogP contribution in [0.25, 0.3) is 0 Å². The SMILES string of the molecule is COCCBr.COCCCC12CCC(c3ccccc3)(CC1)CC2.NC12CCC(c3ccccc3)(CC1)CC2. The van der Waals surface area contributed by atoms with Crippen LogP contribution < -0.4 is 5.73 Å². The highest BCUT2D eigenvalue weighted by atomic mass is 79.9. The van der Waals surface area contributed by atoms with E-state index in [0.29, 0.717) is 16.2 Å². The second-order valence-corrected chi connectivity index (χ2v) is 13.7. The summed E-state index contributed by atoms with van der Waals surface area (Å²) in [6.45, 7) is 1.74. The summed E-state index contributed by atoms with van der Waals surface area (Å²) in [6.07, 6.45) is 18.7. The van der Waals surface area contributed by atoms with Gasteiger partial charge in [0.1, 0.15) is 0 Å². The molecule has 4 heteroatoms. The van der Waals surface area contributed by atoms with E-state index in [1.807, 2.05) is 7.11 Å². The first-order valence-corrected chi connectivity index (χ1v) is 16.5. The van der Waals surface area contributed by atoms with Crippen LogP contribution in [0.2, 0.25) is 0 Å². The number of fused-ring (bicyclic) bond motifs is 6. The molecule has 6 aliphatic carbocycles. The van der Waals surface area contributed by atoms with E-state index in [9.17, 15) is 0 Å². The molecule has 0 saturated heterocycles. The molecule has 0 spiro atoms. The lowest BCUT2D eigenvalue weighted by atomic mass is 9.51. The number of ether oxygens (including phenoxy) is 2. The van der Waals surface area contributed by atoms with E-state index < -0.39 is 0 Å². The molecule has 2 N–H and O–H groups in total. The van der Waals surface area contributed by atoms with Crippen LogP contribution in [0.4, 0.5) is 0 Å². The summed E-state index contributed by atoms with van der Waals surface area (Å²) in [5, 5.41) is 0.934. The zero-order valence-electron chi connectivity index (χ0n) is 24.6. The molecular formula is C35H52BrNO2. The molecular weight excluding hydrogens is 546 g/mol. The van der Waals surface area contributed by atoms with Crippen LogP contribution in [-0.2, 0) is 20.3 Å². The molecule has 6 fully saturated rings. The molecule has 6 saturated carbocycles. The Morgan fingerprint density at radius 2 is 1.03 bits per heavy atom. The van der Waals surface area contributed by atoms with Gasteiger partial charge in [-0.2, -0.15) is 0 Å². The Morgan fingerprint density at radius 1 is 0.615 bits per heavy atom. The first-order chi connectivity index (χ1) is 18.9. The minimum Gasteiger partial charge on any atom is -0.385 e. The van der Waals surface area contributed by atoms with Gasteiger partial charge in [0.05, 0.1) is 6.61 Å². The molecule has 3 nitrogen and oxygen atoms in total. The van der Waals surface area contributed by atoms with Crippen molar-refractivity contribution in [2.75, 3.05) is 32.8 Å². The summed E-state index contributed by atoms with van der Waals surface area (Å²) in [7, 11) is 3.50. The molecule has 0 aromatic heterocycles. The van der Waals surface area contributed by atoms with Crippen molar-refractivity contribution in [2.45, 2.75) is 106 Å². The zero-order chi connectivity index (χ0) is 27.7. The highest BCUT2D eigenvalue weighted by Crippen LogP contribution is 2.59. The fourth-order valence-corrected chi connectivity index (χ4v) is 8.29. The third kappa shape index (κ3) is 7.56. The van der Waals surface area contributed by atoms with Crippen molar-refractivity contribution in [3.63, 3.8) is 0 Å². The van der Waals surface area contributed by atoms with Crippen LogP contribution in [0.1, 0.15) is 101 Å². The lowest BCUT2D eigenvalue weighted by molar-refractivity contribution is 0.0252. The number of halogens is 1. The van der Waals surface area contributed by atoms with Gasteiger partial charge in [0.25, 0.3) is 0 Å². The molecule has 0 unspecified atom stereocenters. The summed E-state index contributed by atoms with van der Waals surface area (Å²) < 4.78 is 9.87. The molecule has 0 amide bonds. The van der Waals surface area contributed by atoms with Crippen molar-refractivity contribution < 1.29 is 9.47 Å². The van der Waals surface area contributed by atoms with E-state index in [0.717, 1.165) is 18.5 Å². The van der Waals surface area contributed by atoms with Gasteiger partial charge in [0, 0.05) is 31.7 Å². The topological polar surface area (TPSA) is 44.5 Å². The molecule has 2 aromatic rings. The van der Waals surface area contributed by atoms with Crippen molar-refractivity contribution in [3.05, 3.63) is 71.8 Å². The maximum absolute atomic E-state index is 6.33. The van der Waals surface area contributed by atoms with Crippen molar-refractivity contribution in [3.8, 4) is 0 Å². The van der Waals surface area contributed by atoms with Crippen molar-refractivity contribution in [1.29, 1.82) is 0 Å². The summed E-state index contributed by atoms with van der Waals surface area (Å²) >= 11 is 3.18. The van der Waals surface area contributed by atoms with Crippen LogP contribution >= 0.6 is 15.9 Å². The van der Waals surface area contributed by atoms with E-state index in [2.05, 4.69) is 81.3 Å². The minimum absolute atomic E-state index is 0.191. The smallest absolute Gasteiger partial charge is 0.0559 e. The van der Waals surface area contributed by atoms with Crippen LogP contribution in [0.15, 0.2) is 60.7 Å². The van der Waals surface area contributed by atoms with Gasteiger partial charge in [-0.1, -0.05) is 76.6 Å². The number of hydrogen-bond donors (Lipinski definition) is 1. The predicted octanol–water partition coefficient (Wildman–Crippen LogP) is 8.72. The summed E-state index contributed by atoms with van der Waals surface area (Å²) in [4.78, 5) is 0. The van der Waals surface area contributed by atoms with Gasteiger partial charge in [-0.15, -0.1) is 0 Å². The maximum atomic E-state index is 6.33. The predicted molar refractivity (Wildman–Crippen MR) is 168 cm³/mol.